The summed E-state index contributed by atoms with van der Waals surface area (Å²) in [5.74, 6) is 5.48. The molecule has 0 aromatic carbocycles. The number of nitrogens with one attached hydrogen (secondary N) is 1. The van der Waals surface area contributed by atoms with Crippen LogP contribution >= 0.6 is 11.9 Å². The molecule has 37 heavy (non-hydrogen) atoms. The summed E-state index contributed by atoms with van der Waals surface area (Å²) in [6.45, 7) is 1.96. The SMILES string of the molecule is COc1cnc(C(F)F)cc1-c1cc(N2C[C@@H](C)OCC2=O)ncc1C(N)=O.N=C(C#CC1CC1)SN.[HH]. The van der Waals surface area contributed by atoms with Crippen LogP contribution in [0.2, 0.25) is 0 Å². The summed E-state index contributed by atoms with van der Waals surface area (Å²) in [5.41, 5.74) is 5.36. The molecule has 2 aromatic heterocycles. The molecule has 13 heteroatoms. The van der Waals surface area contributed by atoms with E-state index in [0.717, 1.165) is 24.2 Å². The molecule has 10 nitrogen and oxygen atoms in total. The normalized spacial score (nSPS) is 16.9. The van der Waals surface area contributed by atoms with Crippen LogP contribution in [0, 0.1) is 23.2 Å². The molecule has 1 saturated heterocycles. The molecule has 2 amide bonds. The highest BCUT2D eigenvalue weighted by molar-refractivity contribution is 8.12. The molecule has 0 radical (unpaired) electrons. The minimum Gasteiger partial charge on any atom is -0.494 e. The fourth-order valence-corrected chi connectivity index (χ4v) is 3.43. The molecule has 2 fully saturated rings. The van der Waals surface area contributed by atoms with Crippen LogP contribution in [-0.4, -0.2) is 53.2 Å². The highest BCUT2D eigenvalue weighted by Gasteiger charge is 2.27. The van der Waals surface area contributed by atoms with Crippen molar-refractivity contribution >= 4 is 34.6 Å². The van der Waals surface area contributed by atoms with E-state index in [1.165, 1.54) is 37.1 Å². The lowest BCUT2D eigenvalue weighted by atomic mass is 10.00. The van der Waals surface area contributed by atoms with Crippen molar-refractivity contribution < 1.29 is 29.3 Å². The third-order valence-electron chi connectivity index (χ3n) is 5.37. The second-order valence-electron chi connectivity index (χ2n) is 8.18. The number of hydrogen-bond donors (Lipinski definition) is 3. The summed E-state index contributed by atoms with van der Waals surface area (Å²) in [4.78, 5) is 33.3. The van der Waals surface area contributed by atoms with Crippen LogP contribution in [0.5, 0.6) is 5.75 Å². The van der Waals surface area contributed by atoms with Gasteiger partial charge in [0, 0.05) is 24.7 Å². The van der Waals surface area contributed by atoms with E-state index in [4.69, 9.17) is 25.8 Å². The lowest BCUT2D eigenvalue weighted by Gasteiger charge is -2.30. The quantitative estimate of drug-likeness (QED) is 0.228. The number of carbonyl (C=O) groups excluding carboxylic acids is 2. The molecule has 2 aliphatic rings. The van der Waals surface area contributed by atoms with Gasteiger partial charge in [0.25, 0.3) is 18.2 Å². The zero-order chi connectivity index (χ0) is 27.1. The van der Waals surface area contributed by atoms with Crippen molar-refractivity contribution in [3.63, 3.8) is 0 Å². The Morgan fingerprint density at radius 1 is 1.32 bits per heavy atom. The van der Waals surface area contributed by atoms with Crippen LogP contribution in [0.25, 0.3) is 11.1 Å². The Morgan fingerprint density at radius 2 is 2.05 bits per heavy atom. The maximum absolute atomic E-state index is 13.1. The maximum Gasteiger partial charge on any atom is 0.280 e. The van der Waals surface area contributed by atoms with Gasteiger partial charge in [0.05, 0.1) is 31.5 Å². The van der Waals surface area contributed by atoms with Crippen molar-refractivity contribution in [2.24, 2.45) is 16.8 Å². The van der Waals surface area contributed by atoms with Crippen LogP contribution in [0.3, 0.4) is 0 Å². The Morgan fingerprint density at radius 3 is 2.65 bits per heavy atom. The van der Waals surface area contributed by atoms with Crippen molar-refractivity contribution in [2.45, 2.75) is 32.3 Å². The summed E-state index contributed by atoms with van der Waals surface area (Å²) in [7, 11) is 1.35. The minimum absolute atomic E-state index is 0. The summed E-state index contributed by atoms with van der Waals surface area (Å²) in [6.07, 6.45) is 1.74. The topological polar surface area (TPSA) is 158 Å². The molecule has 3 heterocycles. The standard InChI is InChI=1S/C18H18F2N4O4.C6H8N2S.H2/c1-9-7-24(16(25)8-28-9)15-4-10(12(5-23-15)18(21)26)11-3-13(17(19)20)22-6-14(11)27-2;7-6(9-8)4-3-5-1-2-5;/h3-6,9,17H,7-8H2,1-2H3,(H2,21,26);5,7H,1-2,8H2;1H/t9-;;/m1../s1. The second kappa shape index (κ2) is 12.6. The van der Waals surface area contributed by atoms with E-state index in [0.29, 0.717) is 5.92 Å². The molecule has 2 aromatic rings. The van der Waals surface area contributed by atoms with Gasteiger partial charge in [-0.2, -0.15) is 0 Å². The lowest BCUT2D eigenvalue weighted by molar-refractivity contribution is -0.128. The van der Waals surface area contributed by atoms with Crippen LogP contribution in [0.4, 0.5) is 14.6 Å². The maximum atomic E-state index is 13.1. The number of rotatable bonds is 5. The molecule has 1 saturated carbocycles. The van der Waals surface area contributed by atoms with Gasteiger partial charge in [0.2, 0.25) is 0 Å². The number of methoxy groups -OCH3 is 1. The van der Waals surface area contributed by atoms with Crippen molar-refractivity contribution in [3.8, 4) is 28.7 Å². The largest absolute Gasteiger partial charge is 0.494 e. The number of pyridine rings is 2. The van der Waals surface area contributed by atoms with Crippen molar-refractivity contribution in [1.29, 1.82) is 5.41 Å². The molecule has 0 bridgehead atoms. The number of nitrogens with two attached hydrogens (primary N) is 2. The summed E-state index contributed by atoms with van der Waals surface area (Å²) < 4.78 is 36.8. The Kier molecular flexibility index (Phi) is 9.51. The molecular formula is C24H28F2N6O4S. The van der Waals surface area contributed by atoms with E-state index in [1.807, 2.05) is 0 Å². The van der Waals surface area contributed by atoms with E-state index in [-0.39, 0.29) is 59.9 Å². The molecule has 5 N–H and O–H groups in total. The van der Waals surface area contributed by atoms with Gasteiger partial charge in [-0.3, -0.25) is 30.0 Å². The molecular weight excluding hydrogens is 506 g/mol. The number of amides is 2. The van der Waals surface area contributed by atoms with Crippen molar-refractivity contribution in [1.82, 2.24) is 9.97 Å². The van der Waals surface area contributed by atoms with Gasteiger partial charge in [-0.15, -0.1) is 0 Å². The molecule has 0 unspecified atom stereocenters. The first kappa shape index (κ1) is 28.0. The minimum atomic E-state index is -2.82. The monoisotopic (exact) mass is 534 g/mol. The highest BCUT2D eigenvalue weighted by atomic mass is 32.2. The van der Waals surface area contributed by atoms with Crippen molar-refractivity contribution in [2.75, 3.05) is 25.2 Å². The fourth-order valence-electron chi connectivity index (χ4n) is 3.31. The Labute approximate surface area is 218 Å². The lowest BCUT2D eigenvalue weighted by Crippen LogP contribution is -2.46. The van der Waals surface area contributed by atoms with Gasteiger partial charge in [-0.25, -0.2) is 13.8 Å². The number of nitrogens with zero attached hydrogens (tertiary/aromatic N) is 3. The molecule has 1 atom stereocenters. The van der Waals surface area contributed by atoms with E-state index in [9.17, 15) is 18.4 Å². The molecule has 1 aliphatic carbocycles. The van der Waals surface area contributed by atoms with Gasteiger partial charge in [-0.1, -0.05) is 5.92 Å². The van der Waals surface area contributed by atoms with Gasteiger partial charge in [-0.05, 0) is 49.8 Å². The smallest absolute Gasteiger partial charge is 0.280 e. The average Bonchev–Trinajstić information content (AvgIpc) is 3.72. The molecule has 1 aliphatic heterocycles. The van der Waals surface area contributed by atoms with E-state index < -0.39 is 18.0 Å². The summed E-state index contributed by atoms with van der Waals surface area (Å²) >= 11 is 0.904. The number of halogens is 2. The van der Waals surface area contributed by atoms with Gasteiger partial charge in [0.15, 0.2) is 5.04 Å². The van der Waals surface area contributed by atoms with E-state index in [1.54, 1.807) is 6.92 Å². The Bertz CT molecular complexity index is 1250. The van der Waals surface area contributed by atoms with Crippen LogP contribution in [0.15, 0.2) is 24.5 Å². The Balaban J connectivity index is 0.000000430. The number of hydrogen-bond acceptors (Lipinski definition) is 9. The summed E-state index contributed by atoms with van der Waals surface area (Å²) in [6, 6.07) is 2.57. The number of ether oxygens (including phenoxy) is 2. The first-order valence-electron chi connectivity index (χ1n) is 11.2. The number of primary amides is 1. The van der Waals surface area contributed by atoms with Crippen LogP contribution < -0.4 is 20.5 Å². The number of aromatic nitrogens is 2. The molecule has 0 spiro atoms. The molecule has 4 rings (SSSR count). The van der Waals surface area contributed by atoms with E-state index in [2.05, 4.69) is 21.8 Å². The first-order valence-corrected chi connectivity index (χ1v) is 12.0. The average molecular weight is 535 g/mol. The number of morpholine rings is 1. The zero-order valence-electron chi connectivity index (χ0n) is 20.2. The number of carbonyl (C=O) groups is 2. The number of anilines is 1. The van der Waals surface area contributed by atoms with E-state index >= 15 is 0 Å². The predicted molar refractivity (Wildman–Crippen MR) is 137 cm³/mol. The van der Waals surface area contributed by atoms with Gasteiger partial charge in [0.1, 0.15) is 23.9 Å². The number of alkyl halides is 2. The van der Waals surface area contributed by atoms with Crippen molar-refractivity contribution in [3.05, 3.63) is 35.8 Å². The molecule has 198 valence electrons. The third-order valence-corrected chi connectivity index (χ3v) is 5.71. The van der Waals surface area contributed by atoms with Gasteiger partial charge < -0.3 is 15.2 Å². The zero-order valence-corrected chi connectivity index (χ0v) is 21.0. The highest BCUT2D eigenvalue weighted by Crippen LogP contribution is 2.36. The van der Waals surface area contributed by atoms with Crippen LogP contribution in [0.1, 0.15) is 43.7 Å². The Hall–Kier alpha value is -3.60. The third kappa shape index (κ3) is 7.45. The van der Waals surface area contributed by atoms with Gasteiger partial charge >= 0.3 is 0 Å². The fraction of sp³-hybridized carbons (Fsp3) is 0.375. The second-order valence-corrected chi connectivity index (χ2v) is 8.82. The van der Waals surface area contributed by atoms with Crippen LogP contribution in [-0.2, 0) is 9.53 Å². The summed E-state index contributed by atoms with van der Waals surface area (Å²) in [5, 5.41) is 12.4. The predicted octanol–water partition coefficient (Wildman–Crippen LogP) is 3.17. The first-order chi connectivity index (χ1) is 17.6.